The molecule has 190 valence electrons. The van der Waals surface area contributed by atoms with Gasteiger partial charge in [-0.3, -0.25) is 9.69 Å². The second-order valence-corrected chi connectivity index (χ2v) is 9.72. The number of hydrogen-bond acceptors (Lipinski definition) is 7. The molecule has 1 amide bonds. The van der Waals surface area contributed by atoms with E-state index >= 15 is 0 Å². The van der Waals surface area contributed by atoms with Crippen LogP contribution in [0.4, 0.5) is 15.9 Å². The fourth-order valence-corrected chi connectivity index (χ4v) is 5.52. The number of hydrogen-bond donors (Lipinski definition) is 2. The molecule has 1 aliphatic heterocycles. The van der Waals surface area contributed by atoms with Crippen molar-refractivity contribution in [1.82, 2.24) is 14.9 Å². The fourth-order valence-electron chi connectivity index (χ4n) is 5.35. The van der Waals surface area contributed by atoms with Crippen molar-refractivity contribution in [2.75, 3.05) is 19.0 Å². The summed E-state index contributed by atoms with van der Waals surface area (Å²) in [5.41, 5.74) is 6.47. The fraction of sp³-hybridized carbons (Fsp3) is 0.423. The summed E-state index contributed by atoms with van der Waals surface area (Å²) in [7, 11) is 1.59. The van der Waals surface area contributed by atoms with Crippen LogP contribution in [0, 0.1) is 5.82 Å². The summed E-state index contributed by atoms with van der Waals surface area (Å²) >= 11 is 5.94. The van der Waals surface area contributed by atoms with Gasteiger partial charge in [0.15, 0.2) is 17.3 Å². The van der Waals surface area contributed by atoms with Crippen molar-refractivity contribution in [3.8, 4) is 11.5 Å². The zero-order valence-electron chi connectivity index (χ0n) is 20.0. The molecule has 0 bridgehead atoms. The molecule has 8 nitrogen and oxygen atoms in total. The number of nitrogens with zero attached hydrogens (tertiary/aromatic N) is 3. The van der Waals surface area contributed by atoms with Gasteiger partial charge in [0, 0.05) is 17.5 Å². The summed E-state index contributed by atoms with van der Waals surface area (Å²) in [5.74, 6) is 0.801. The predicted octanol–water partition coefficient (Wildman–Crippen LogP) is 4.81. The van der Waals surface area contributed by atoms with E-state index < -0.39 is 5.82 Å². The average Bonchev–Trinajstić information content (AvgIpc) is 3.38. The molecular formula is C26H29ClFN5O3. The van der Waals surface area contributed by atoms with E-state index in [2.05, 4.69) is 20.2 Å². The number of benzene rings is 2. The third-order valence-corrected chi connectivity index (χ3v) is 7.45. The van der Waals surface area contributed by atoms with Gasteiger partial charge in [0.05, 0.1) is 35.5 Å². The van der Waals surface area contributed by atoms with Crippen LogP contribution in [0.15, 0.2) is 36.7 Å². The molecule has 0 spiro atoms. The number of methoxy groups -OCH3 is 1. The van der Waals surface area contributed by atoms with Gasteiger partial charge in [0.25, 0.3) is 0 Å². The molecule has 3 N–H and O–H groups in total. The zero-order chi connectivity index (χ0) is 25.2. The van der Waals surface area contributed by atoms with E-state index in [0.29, 0.717) is 34.3 Å². The van der Waals surface area contributed by atoms with Gasteiger partial charge in [-0.15, -0.1) is 0 Å². The molecule has 2 aliphatic rings. The topological polar surface area (TPSA) is 103 Å². The second kappa shape index (κ2) is 10.4. The molecule has 2 aromatic carbocycles. The van der Waals surface area contributed by atoms with Crippen LogP contribution < -0.4 is 20.5 Å². The first-order valence-corrected chi connectivity index (χ1v) is 12.6. The molecule has 1 aromatic heterocycles. The number of carbonyl (C=O) groups is 1. The molecule has 36 heavy (non-hydrogen) atoms. The van der Waals surface area contributed by atoms with Crippen LogP contribution in [0.25, 0.3) is 10.9 Å². The van der Waals surface area contributed by atoms with Crippen LogP contribution in [-0.4, -0.2) is 52.6 Å². The number of rotatable bonds is 7. The summed E-state index contributed by atoms with van der Waals surface area (Å²) in [6, 6.07) is 8.57. The number of aromatic nitrogens is 2. The van der Waals surface area contributed by atoms with Crippen LogP contribution in [0.5, 0.6) is 11.5 Å². The first-order valence-electron chi connectivity index (χ1n) is 12.2. The Bertz CT molecular complexity index is 1270. The maximum absolute atomic E-state index is 14.5. The van der Waals surface area contributed by atoms with Crippen molar-refractivity contribution in [2.24, 2.45) is 5.73 Å². The van der Waals surface area contributed by atoms with Gasteiger partial charge in [-0.05, 0) is 63.3 Å². The number of likely N-dealkylation sites (tertiary alicyclic amines) is 1. The van der Waals surface area contributed by atoms with E-state index in [1.54, 1.807) is 25.3 Å². The van der Waals surface area contributed by atoms with Gasteiger partial charge in [0.2, 0.25) is 5.91 Å². The van der Waals surface area contributed by atoms with Crippen LogP contribution in [0.1, 0.15) is 38.5 Å². The first-order chi connectivity index (χ1) is 17.4. The Balaban J connectivity index is 1.35. The maximum atomic E-state index is 14.5. The number of ether oxygens (including phenoxy) is 2. The molecule has 3 aromatic rings. The standard InChI is InChI=1S/C26H29ClFN5O3/c1-35-22-13-20-17(26(31-14-30-20)32-19-5-2-4-18(27)24(19)28)12-23(22)36-16-9-7-15(8-10-16)33-11-3-6-21(33)25(29)34/h2,4-5,12-16,21H,3,6-11H2,1H3,(H2,29,34)(H,30,31,32). The molecule has 5 rings (SSSR count). The summed E-state index contributed by atoms with van der Waals surface area (Å²) in [5, 5.41) is 3.72. The molecule has 0 radical (unpaired) electrons. The quantitative estimate of drug-likeness (QED) is 0.467. The molecular weight excluding hydrogens is 485 g/mol. The number of fused-ring (bicyclic) bond motifs is 1. The Morgan fingerprint density at radius 1 is 1.17 bits per heavy atom. The van der Waals surface area contributed by atoms with E-state index in [9.17, 15) is 9.18 Å². The van der Waals surface area contributed by atoms with Crippen LogP contribution >= 0.6 is 11.6 Å². The van der Waals surface area contributed by atoms with Gasteiger partial charge in [-0.25, -0.2) is 14.4 Å². The van der Waals surface area contributed by atoms with Gasteiger partial charge in [-0.2, -0.15) is 0 Å². The maximum Gasteiger partial charge on any atom is 0.234 e. The Kier molecular flexibility index (Phi) is 7.11. The molecule has 2 heterocycles. The van der Waals surface area contributed by atoms with E-state index in [0.717, 1.165) is 45.1 Å². The summed E-state index contributed by atoms with van der Waals surface area (Å²) < 4.78 is 26.5. The summed E-state index contributed by atoms with van der Waals surface area (Å²) in [6.45, 7) is 0.922. The normalized spacial score (nSPS) is 22.5. The van der Waals surface area contributed by atoms with Crippen molar-refractivity contribution in [3.05, 3.63) is 47.5 Å². The SMILES string of the molecule is COc1cc2ncnc(Nc3cccc(Cl)c3F)c2cc1OC1CCC(N2CCCC2C(N)=O)CC1. The monoisotopic (exact) mass is 513 g/mol. The number of primary amides is 1. The average molecular weight is 514 g/mol. The number of nitrogens with one attached hydrogen (secondary N) is 1. The van der Waals surface area contributed by atoms with E-state index in [1.807, 2.05) is 6.07 Å². The molecule has 1 saturated heterocycles. The third-order valence-electron chi connectivity index (χ3n) is 7.15. The van der Waals surface area contributed by atoms with Crippen molar-refractivity contribution in [3.63, 3.8) is 0 Å². The minimum atomic E-state index is -0.552. The molecule has 1 aliphatic carbocycles. The Hall–Kier alpha value is -3.17. The van der Waals surface area contributed by atoms with Crippen molar-refractivity contribution >= 4 is 39.9 Å². The molecule has 10 heteroatoms. The summed E-state index contributed by atoms with van der Waals surface area (Å²) in [6.07, 6.45) is 6.87. The molecule has 2 fully saturated rings. The highest BCUT2D eigenvalue weighted by atomic mass is 35.5. The van der Waals surface area contributed by atoms with E-state index in [-0.39, 0.29) is 28.8 Å². The third kappa shape index (κ3) is 4.90. The highest BCUT2D eigenvalue weighted by Gasteiger charge is 2.36. The smallest absolute Gasteiger partial charge is 0.234 e. The lowest BCUT2D eigenvalue weighted by Gasteiger charge is -2.37. The number of carbonyl (C=O) groups excluding carboxylic acids is 1. The van der Waals surface area contributed by atoms with Crippen molar-refractivity contribution in [1.29, 1.82) is 0 Å². The number of amides is 1. The predicted molar refractivity (Wildman–Crippen MR) is 136 cm³/mol. The minimum absolute atomic E-state index is 0.00800. The number of anilines is 2. The van der Waals surface area contributed by atoms with Crippen LogP contribution in [0.2, 0.25) is 5.02 Å². The largest absolute Gasteiger partial charge is 0.493 e. The Morgan fingerprint density at radius 3 is 2.72 bits per heavy atom. The van der Waals surface area contributed by atoms with Gasteiger partial charge < -0.3 is 20.5 Å². The lowest BCUT2D eigenvalue weighted by Crippen LogP contribution is -2.47. The van der Waals surface area contributed by atoms with Gasteiger partial charge in [0.1, 0.15) is 12.1 Å². The molecule has 1 saturated carbocycles. The zero-order valence-corrected chi connectivity index (χ0v) is 20.8. The molecule has 1 unspecified atom stereocenters. The summed E-state index contributed by atoms with van der Waals surface area (Å²) in [4.78, 5) is 22.8. The Morgan fingerprint density at radius 2 is 1.97 bits per heavy atom. The minimum Gasteiger partial charge on any atom is -0.493 e. The molecule has 1 atom stereocenters. The highest BCUT2D eigenvalue weighted by molar-refractivity contribution is 6.31. The lowest BCUT2D eigenvalue weighted by atomic mass is 9.91. The van der Waals surface area contributed by atoms with Crippen LogP contribution in [0.3, 0.4) is 0 Å². The lowest BCUT2D eigenvalue weighted by molar-refractivity contribution is -0.123. The number of nitrogens with two attached hydrogens (primary N) is 1. The van der Waals surface area contributed by atoms with E-state index in [1.165, 1.54) is 12.4 Å². The Labute approximate surface area is 213 Å². The van der Waals surface area contributed by atoms with Crippen LogP contribution in [-0.2, 0) is 4.79 Å². The van der Waals surface area contributed by atoms with Crippen molar-refractivity contribution < 1.29 is 18.7 Å². The van der Waals surface area contributed by atoms with E-state index in [4.69, 9.17) is 26.8 Å². The van der Waals surface area contributed by atoms with Gasteiger partial charge in [-0.1, -0.05) is 17.7 Å². The number of halogens is 2. The van der Waals surface area contributed by atoms with Crippen molar-refractivity contribution in [2.45, 2.75) is 56.7 Å². The first kappa shape index (κ1) is 24.5. The highest BCUT2D eigenvalue weighted by Crippen LogP contribution is 2.38. The second-order valence-electron chi connectivity index (χ2n) is 9.32. The van der Waals surface area contributed by atoms with Gasteiger partial charge >= 0.3 is 0 Å².